The lowest BCUT2D eigenvalue weighted by molar-refractivity contribution is -0.137. The Morgan fingerprint density at radius 2 is 2.00 bits per heavy atom. The normalized spacial score (nSPS) is 16.2. The van der Waals surface area contributed by atoms with Crippen molar-refractivity contribution in [3.63, 3.8) is 0 Å². The van der Waals surface area contributed by atoms with E-state index in [2.05, 4.69) is 11.6 Å². The van der Waals surface area contributed by atoms with Gasteiger partial charge in [0.25, 0.3) is 0 Å². The fraction of sp³-hybridized carbons (Fsp3) is 0.348. The fourth-order valence-corrected chi connectivity index (χ4v) is 3.92. The van der Waals surface area contributed by atoms with E-state index in [1.165, 1.54) is 31.0 Å². The molecule has 0 aliphatic carbocycles. The van der Waals surface area contributed by atoms with Gasteiger partial charge in [-0.3, -0.25) is 14.5 Å². The lowest BCUT2D eigenvalue weighted by atomic mass is 10.1. The Hall–Kier alpha value is -3.43. The number of pyridine rings is 1. The molecule has 2 amide bonds. The molecule has 0 N–H and O–H groups in total. The molecule has 0 saturated carbocycles. The third kappa shape index (κ3) is 4.84. The average molecular weight is 464 g/mol. The van der Waals surface area contributed by atoms with Crippen LogP contribution in [0.2, 0.25) is 0 Å². The second-order valence-electron chi connectivity index (χ2n) is 7.85. The number of carbonyl (C=O) groups is 2. The summed E-state index contributed by atoms with van der Waals surface area (Å²) in [5.74, 6) is -1.85. The second kappa shape index (κ2) is 9.21. The van der Waals surface area contributed by atoms with Gasteiger partial charge in [-0.2, -0.15) is 13.2 Å². The lowest BCUT2D eigenvalue weighted by Gasteiger charge is -2.31. The number of hydrogen-bond donors (Lipinski definition) is 0. The number of alkyl halides is 3. The number of carbonyl (C=O) groups excluding carboxylic acids is 2. The summed E-state index contributed by atoms with van der Waals surface area (Å²) in [4.78, 5) is 33.9. The van der Waals surface area contributed by atoms with Crippen molar-refractivity contribution in [1.29, 1.82) is 0 Å². The molecule has 1 atom stereocenters. The Bertz CT molecular complexity index is 1090. The van der Waals surface area contributed by atoms with Crippen molar-refractivity contribution in [3.05, 3.63) is 60.1 Å². The van der Waals surface area contributed by atoms with Gasteiger partial charge in [-0.05, 0) is 37.6 Å². The summed E-state index contributed by atoms with van der Waals surface area (Å²) in [5, 5.41) is 0. The minimum absolute atomic E-state index is 0.0202. The Balaban J connectivity index is 2.00. The number of amides is 2. The highest BCUT2D eigenvalue weighted by Crippen LogP contribution is 2.36. The summed E-state index contributed by atoms with van der Waals surface area (Å²) < 4.78 is 54.5. The molecule has 1 fully saturated rings. The average Bonchev–Trinajstić information content (AvgIpc) is 3.12. The van der Waals surface area contributed by atoms with Gasteiger partial charge in [0.1, 0.15) is 17.7 Å². The first-order valence-electron chi connectivity index (χ1n) is 10.2. The Kier molecular flexibility index (Phi) is 6.76. The maximum Gasteiger partial charge on any atom is 0.416 e. The topological polar surface area (TPSA) is 56.8 Å². The minimum atomic E-state index is -4.63. The maximum absolute atomic E-state index is 14.6. The molecule has 1 aromatic carbocycles. The lowest BCUT2D eigenvalue weighted by Crippen LogP contribution is -2.46. The van der Waals surface area contributed by atoms with E-state index in [1.54, 1.807) is 24.1 Å². The zero-order valence-corrected chi connectivity index (χ0v) is 18.5. The van der Waals surface area contributed by atoms with Crippen molar-refractivity contribution in [2.45, 2.75) is 32.0 Å². The van der Waals surface area contributed by atoms with Crippen molar-refractivity contribution >= 4 is 29.0 Å². The van der Waals surface area contributed by atoms with Crippen molar-refractivity contribution < 1.29 is 27.2 Å². The number of aryl methyl sites for hydroxylation is 1. The summed E-state index contributed by atoms with van der Waals surface area (Å²) in [7, 11) is 3.08. The van der Waals surface area contributed by atoms with Gasteiger partial charge >= 0.3 is 6.18 Å². The zero-order chi connectivity index (χ0) is 24.5. The van der Waals surface area contributed by atoms with Gasteiger partial charge in [-0.25, -0.2) is 9.37 Å². The molecule has 0 radical (unpaired) electrons. The van der Waals surface area contributed by atoms with Gasteiger partial charge < -0.3 is 9.80 Å². The fourth-order valence-electron chi connectivity index (χ4n) is 3.92. The number of anilines is 3. The first kappa shape index (κ1) is 24.2. The highest BCUT2D eigenvalue weighted by molar-refractivity contribution is 6.09. The maximum atomic E-state index is 14.6. The molecular weight excluding hydrogens is 440 g/mol. The molecule has 0 spiro atoms. The number of benzene rings is 1. The van der Waals surface area contributed by atoms with Crippen LogP contribution in [0.5, 0.6) is 0 Å². The Labute approximate surface area is 189 Å². The molecule has 1 aliphatic heterocycles. The van der Waals surface area contributed by atoms with E-state index in [9.17, 15) is 27.2 Å². The molecule has 1 unspecified atom stereocenters. The first-order valence-corrected chi connectivity index (χ1v) is 10.2. The predicted molar refractivity (Wildman–Crippen MR) is 118 cm³/mol. The van der Waals surface area contributed by atoms with Crippen LogP contribution in [-0.2, 0) is 15.8 Å². The number of likely N-dealkylation sites (N-methyl/N-ethyl adjacent to an activating group) is 2. The molecule has 1 aromatic heterocycles. The van der Waals surface area contributed by atoms with Gasteiger partial charge in [0, 0.05) is 32.8 Å². The highest BCUT2D eigenvalue weighted by Gasteiger charge is 2.41. The minimum Gasteiger partial charge on any atom is -0.367 e. The van der Waals surface area contributed by atoms with Gasteiger partial charge in [-0.15, -0.1) is 6.58 Å². The third-order valence-electron chi connectivity index (χ3n) is 5.45. The van der Waals surface area contributed by atoms with Crippen molar-refractivity contribution in [3.8, 4) is 0 Å². The molecule has 176 valence electrons. The van der Waals surface area contributed by atoms with E-state index in [0.717, 1.165) is 17.0 Å². The standard InChI is InChI=1S/C23H24F4N4O2/c1-5-11-29(3)21-16(24)7-6-8-17(21)30(4)22(33)18-9-10-20(32)31(18)19-13-15(23(25,26)27)12-14(2)28-19/h5-8,12-13,18H,1,9-11H2,2-4H3. The number of halogens is 4. The van der Waals surface area contributed by atoms with Crippen molar-refractivity contribution in [2.75, 3.05) is 35.3 Å². The van der Waals surface area contributed by atoms with Crippen LogP contribution < -0.4 is 14.7 Å². The summed E-state index contributed by atoms with van der Waals surface area (Å²) in [6.07, 6.45) is -2.97. The van der Waals surface area contributed by atoms with Gasteiger partial charge in [0.05, 0.1) is 16.9 Å². The van der Waals surface area contributed by atoms with E-state index in [4.69, 9.17) is 0 Å². The van der Waals surface area contributed by atoms with Crippen LogP contribution in [0.3, 0.4) is 0 Å². The van der Waals surface area contributed by atoms with Crippen LogP contribution in [0, 0.1) is 12.7 Å². The van der Waals surface area contributed by atoms with Crippen LogP contribution in [0.15, 0.2) is 43.0 Å². The molecule has 1 aliphatic rings. The highest BCUT2D eigenvalue weighted by atomic mass is 19.4. The predicted octanol–water partition coefficient (Wildman–Crippen LogP) is 4.33. The summed E-state index contributed by atoms with van der Waals surface area (Å²) in [6.45, 7) is 5.34. The molecule has 1 saturated heterocycles. The van der Waals surface area contributed by atoms with Gasteiger partial charge in [-0.1, -0.05) is 12.1 Å². The van der Waals surface area contributed by atoms with E-state index >= 15 is 0 Å². The number of para-hydroxylation sites is 1. The van der Waals surface area contributed by atoms with Crippen LogP contribution in [0.4, 0.5) is 34.8 Å². The SMILES string of the molecule is C=CCN(C)c1c(F)cccc1N(C)C(=O)C1CCC(=O)N1c1cc(C(F)(F)F)cc(C)n1. The number of rotatable bonds is 6. The largest absolute Gasteiger partial charge is 0.416 e. The first-order chi connectivity index (χ1) is 15.5. The third-order valence-corrected chi connectivity index (χ3v) is 5.45. The van der Waals surface area contributed by atoms with Crippen LogP contribution in [0.25, 0.3) is 0 Å². The summed E-state index contributed by atoms with van der Waals surface area (Å²) in [5.41, 5.74) is -0.464. The molecule has 6 nitrogen and oxygen atoms in total. The number of nitrogens with zero attached hydrogens (tertiary/aromatic N) is 4. The number of aromatic nitrogens is 1. The van der Waals surface area contributed by atoms with E-state index in [0.29, 0.717) is 6.54 Å². The quantitative estimate of drug-likeness (QED) is 0.472. The monoisotopic (exact) mass is 464 g/mol. The smallest absolute Gasteiger partial charge is 0.367 e. The van der Waals surface area contributed by atoms with Crippen LogP contribution >= 0.6 is 0 Å². The second-order valence-corrected chi connectivity index (χ2v) is 7.85. The molecule has 2 heterocycles. The summed E-state index contributed by atoms with van der Waals surface area (Å²) >= 11 is 0. The molecule has 3 rings (SSSR count). The molecule has 0 bridgehead atoms. The van der Waals surface area contributed by atoms with Crippen molar-refractivity contribution in [1.82, 2.24) is 4.98 Å². The molecule has 10 heteroatoms. The zero-order valence-electron chi connectivity index (χ0n) is 18.5. The van der Waals surface area contributed by atoms with Crippen LogP contribution in [0.1, 0.15) is 24.1 Å². The van der Waals surface area contributed by atoms with Gasteiger partial charge in [0.2, 0.25) is 11.8 Å². The molecule has 2 aromatic rings. The van der Waals surface area contributed by atoms with Gasteiger partial charge in [0.15, 0.2) is 0 Å². The Morgan fingerprint density at radius 3 is 2.64 bits per heavy atom. The molecular formula is C23H24F4N4O2. The van der Waals surface area contributed by atoms with E-state index in [-0.39, 0.29) is 35.7 Å². The van der Waals surface area contributed by atoms with Crippen LogP contribution in [-0.4, -0.2) is 43.5 Å². The van der Waals surface area contributed by atoms with E-state index in [1.807, 2.05) is 0 Å². The molecule has 33 heavy (non-hydrogen) atoms. The van der Waals surface area contributed by atoms with E-state index < -0.39 is 35.4 Å². The Morgan fingerprint density at radius 1 is 1.30 bits per heavy atom. The van der Waals surface area contributed by atoms with Crippen molar-refractivity contribution in [2.24, 2.45) is 0 Å². The number of hydrogen-bond acceptors (Lipinski definition) is 4. The summed E-state index contributed by atoms with van der Waals surface area (Å²) in [6, 6.07) is 4.85.